The van der Waals surface area contributed by atoms with Gasteiger partial charge in [0.15, 0.2) is 6.10 Å². The predicted octanol–water partition coefficient (Wildman–Crippen LogP) is 2.69. The van der Waals surface area contributed by atoms with E-state index in [0.29, 0.717) is 23.3 Å². The molecule has 1 aliphatic rings. The summed E-state index contributed by atoms with van der Waals surface area (Å²) < 4.78 is 8.75. The SMILES string of the molecule is CC[C@H](C)n1nccc1NC(=O)[C@H](C)OC(=O)c1ccc2c(=O)n3c(nc2c1)CCC3. The van der Waals surface area contributed by atoms with Crippen molar-refractivity contribution in [2.45, 2.75) is 58.7 Å². The Bertz CT molecular complexity index is 1210. The lowest BCUT2D eigenvalue weighted by Crippen LogP contribution is -2.31. The Morgan fingerprint density at radius 3 is 2.84 bits per heavy atom. The van der Waals surface area contributed by atoms with Crippen LogP contribution in [0.25, 0.3) is 10.9 Å². The zero-order chi connectivity index (χ0) is 22.1. The van der Waals surface area contributed by atoms with E-state index in [-0.39, 0.29) is 17.2 Å². The van der Waals surface area contributed by atoms with Gasteiger partial charge in [-0.25, -0.2) is 14.5 Å². The number of fused-ring (bicyclic) bond motifs is 2. The third-order valence-corrected chi connectivity index (χ3v) is 5.64. The van der Waals surface area contributed by atoms with Crippen LogP contribution in [-0.2, 0) is 22.5 Å². The van der Waals surface area contributed by atoms with Gasteiger partial charge in [-0.2, -0.15) is 5.10 Å². The molecule has 1 aliphatic heterocycles. The highest BCUT2D eigenvalue weighted by molar-refractivity contribution is 5.98. The Kier molecular flexibility index (Phi) is 5.58. The molecule has 0 saturated carbocycles. The topological polar surface area (TPSA) is 108 Å². The van der Waals surface area contributed by atoms with Crippen molar-refractivity contribution in [3.8, 4) is 0 Å². The average molecular weight is 423 g/mol. The second-order valence-electron chi connectivity index (χ2n) is 7.78. The molecular formula is C22H25N5O4. The molecule has 0 radical (unpaired) electrons. The number of rotatable bonds is 6. The van der Waals surface area contributed by atoms with E-state index >= 15 is 0 Å². The van der Waals surface area contributed by atoms with E-state index in [4.69, 9.17) is 4.74 Å². The molecule has 2 atom stereocenters. The number of anilines is 1. The van der Waals surface area contributed by atoms with Crippen LogP contribution in [0.15, 0.2) is 35.3 Å². The lowest BCUT2D eigenvalue weighted by molar-refractivity contribution is -0.123. The number of nitrogens with one attached hydrogen (secondary N) is 1. The predicted molar refractivity (Wildman–Crippen MR) is 115 cm³/mol. The van der Waals surface area contributed by atoms with Gasteiger partial charge in [0.1, 0.15) is 11.6 Å². The number of nitrogens with zero attached hydrogens (tertiary/aromatic N) is 4. The summed E-state index contributed by atoms with van der Waals surface area (Å²) in [4.78, 5) is 42.2. The lowest BCUT2D eigenvalue weighted by atomic mass is 10.1. The van der Waals surface area contributed by atoms with Crippen molar-refractivity contribution in [3.63, 3.8) is 0 Å². The summed E-state index contributed by atoms with van der Waals surface area (Å²) >= 11 is 0. The number of carbonyl (C=O) groups is 2. The normalized spacial score (nSPS) is 14.8. The first-order chi connectivity index (χ1) is 14.9. The van der Waals surface area contributed by atoms with Gasteiger partial charge in [-0.1, -0.05) is 6.92 Å². The van der Waals surface area contributed by atoms with Gasteiger partial charge in [0.25, 0.3) is 11.5 Å². The van der Waals surface area contributed by atoms with Crippen LogP contribution in [0, 0.1) is 0 Å². The summed E-state index contributed by atoms with van der Waals surface area (Å²) in [5.41, 5.74) is 0.608. The van der Waals surface area contributed by atoms with Gasteiger partial charge in [-0.05, 0) is 44.9 Å². The number of esters is 1. The average Bonchev–Trinajstić information content (AvgIpc) is 3.42. The molecule has 4 rings (SSSR count). The third kappa shape index (κ3) is 3.95. The smallest absolute Gasteiger partial charge is 0.338 e. The molecule has 1 aromatic carbocycles. The molecule has 0 spiro atoms. The highest BCUT2D eigenvalue weighted by Crippen LogP contribution is 2.19. The second-order valence-corrected chi connectivity index (χ2v) is 7.78. The van der Waals surface area contributed by atoms with Crippen molar-refractivity contribution < 1.29 is 14.3 Å². The number of aryl methyl sites for hydroxylation is 1. The Hall–Kier alpha value is -3.49. The van der Waals surface area contributed by atoms with Crippen molar-refractivity contribution >= 4 is 28.6 Å². The minimum Gasteiger partial charge on any atom is -0.449 e. The van der Waals surface area contributed by atoms with Crippen molar-refractivity contribution in [3.05, 3.63) is 52.2 Å². The first-order valence-corrected chi connectivity index (χ1v) is 10.5. The quantitative estimate of drug-likeness (QED) is 0.611. The molecule has 31 heavy (non-hydrogen) atoms. The molecule has 2 aromatic heterocycles. The van der Waals surface area contributed by atoms with Crippen LogP contribution in [0.4, 0.5) is 5.82 Å². The molecule has 3 heterocycles. The van der Waals surface area contributed by atoms with E-state index in [1.807, 2.05) is 13.8 Å². The lowest BCUT2D eigenvalue weighted by Gasteiger charge is -2.17. The van der Waals surface area contributed by atoms with E-state index in [9.17, 15) is 14.4 Å². The maximum atomic E-state index is 12.6. The van der Waals surface area contributed by atoms with Crippen molar-refractivity contribution in [1.29, 1.82) is 0 Å². The van der Waals surface area contributed by atoms with Crippen LogP contribution < -0.4 is 10.9 Å². The monoisotopic (exact) mass is 423 g/mol. The van der Waals surface area contributed by atoms with Crippen molar-refractivity contribution in [2.24, 2.45) is 0 Å². The van der Waals surface area contributed by atoms with Gasteiger partial charge in [0.05, 0.1) is 28.7 Å². The van der Waals surface area contributed by atoms with Crippen LogP contribution in [-0.4, -0.2) is 37.3 Å². The van der Waals surface area contributed by atoms with Gasteiger partial charge in [-0.3, -0.25) is 14.2 Å². The zero-order valence-electron chi connectivity index (χ0n) is 17.8. The summed E-state index contributed by atoms with van der Waals surface area (Å²) in [6.45, 7) is 6.21. The maximum Gasteiger partial charge on any atom is 0.338 e. The van der Waals surface area contributed by atoms with Crippen LogP contribution in [0.2, 0.25) is 0 Å². The minimum absolute atomic E-state index is 0.0944. The van der Waals surface area contributed by atoms with Gasteiger partial charge in [-0.15, -0.1) is 0 Å². The van der Waals surface area contributed by atoms with E-state index in [0.717, 1.165) is 25.1 Å². The number of benzene rings is 1. The largest absolute Gasteiger partial charge is 0.449 e. The maximum absolute atomic E-state index is 12.6. The number of carbonyl (C=O) groups excluding carboxylic acids is 2. The van der Waals surface area contributed by atoms with Crippen molar-refractivity contribution in [2.75, 3.05) is 5.32 Å². The summed E-state index contributed by atoms with van der Waals surface area (Å²) in [5, 5.41) is 7.45. The summed E-state index contributed by atoms with van der Waals surface area (Å²) in [6.07, 6.45) is 3.08. The second kappa shape index (κ2) is 8.33. The molecule has 9 heteroatoms. The van der Waals surface area contributed by atoms with E-state index in [2.05, 4.69) is 15.4 Å². The molecule has 9 nitrogen and oxygen atoms in total. The summed E-state index contributed by atoms with van der Waals surface area (Å²) in [6, 6.07) is 6.48. The fourth-order valence-electron chi connectivity index (χ4n) is 3.66. The van der Waals surface area contributed by atoms with Crippen LogP contribution in [0.3, 0.4) is 0 Å². The summed E-state index contributed by atoms with van der Waals surface area (Å²) in [5.74, 6) is 0.177. The van der Waals surface area contributed by atoms with E-state index in [1.165, 1.54) is 13.0 Å². The minimum atomic E-state index is -1.01. The van der Waals surface area contributed by atoms with Gasteiger partial charge >= 0.3 is 5.97 Å². The van der Waals surface area contributed by atoms with Crippen LogP contribution in [0.5, 0.6) is 0 Å². The molecule has 162 valence electrons. The molecule has 3 aromatic rings. The molecule has 0 fully saturated rings. The zero-order valence-corrected chi connectivity index (χ0v) is 17.8. The first-order valence-electron chi connectivity index (χ1n) is 10.5. The van der Waals surface area contributed by atoms with Crippen LogP contribution >= 0.6 is 0 Å². The Morgan fingerprint density at radius 2 is 2.06 bits per heavy atom. The fraction of sp³-hybridized carbons (Fsp3) is 0.409. The molecule has 0 aliphatic carbocycles. The number of amides is 1. The molecule has 1 amide bonds. The Labute approximate surface area is 179 Å². The van der Waals surface area contributed by atoms with E-state index < -0.39 is 18.0 Å². The third-order valence-electron chi connectivity index (χ3n) is 5.64. The number of hydrogen-bond donors (Lipinski definition) is 1. The standard InChI is InChI=1S/C22H25N5O4/c1-4-13(2)27-19(9-10-23-27)25-20(28)14(3)31-22(30)15-7-8-16-17(12-15)24-18-6-5-11-26(18)21(16)29/h7-10,12-14H,4-6,11H2,1-3H3,(H,25,28)/t13-,14-/m0/s1. The number of aromatic nitrogens is 4. The van der Waals surface area contributed by atoms with Gasteiger partial charge < -0.3 is 10.1 Å². The Balaban J connectivity index is 1.48. The van der Waals surface area contributed by atoms with Crippen molar-refractivity contribution in [1.82, 2.24) is 19.3 Å². The number of ether oxygens (including phenoxy) is 1. The summed E-state index contributed by atoms with van der Waals surface area (Å²) in [7, 11) is 0. The molecule has 0 unspecified atom stereocenters. The first kappa shape index (κ1) is 20.8. The molecule has 0 saturated heterocycles. The van der Waals surface area contributed by atoms with Crippen LogP contribution in [0.1, 0.15) is 55.8 Å². The van der Waals surface area contributed by atoms with Gasteiger partial charge in [0, 0.05) is 19.0 Å². The molecule has 1 N–H and O–H groups in total. The molecule has 0 bridgehead atoms. The molecular weight excluding hydrogens is 398 g/mol. The highest BCUT2D eigenvalue weighted by atomic mass is 16.5. The number of hydrogen-bond acceptors (Lipinski definition) is 6. The van der Waals surface area contributed by atoms with E-state index in [1.54, 1.807) is 33.6 Å². The Morgan fingerprint density at radius 1 is 1.26 bits per heavy atom. The highest BCUT2D eigenvalue weighted by Gasteiger charge is 2.22. The fourth-order valence-corrected chi connectivity index (χ4v) is 3.66. The van der Waals surface area contributed by atoms with Gasteiger partial charge in [0.2, 0.25) is 0 Å².